The molecule has 5 heteroatoms. The Balaban J connectivity index is 1.43. The highest BCUT2D eigenvalue weighted by molar-refractivity contribution is 5.92. The minimum Gasteiger partial charge on any atom is -0.370 e. The van der Waals surface area contributed by atoms with Crippen molar-refractivity contribution in [2.75, 3.05) is 18.0 Å². The number of fused-ring (bicyclic) bond motifs is 1. The van der Waals surface area contributed by atoms with E-state index in [0.29, 0.717) is 5.92 Å². The molecule has 1 aromatic carbocycles. The number of aromatic nitrogens is 4. The zero-order valence-electron chi connectivity index (χ0n) is 16.7. The van der Waals surface area contributed by atoms with E-state index < -0.39 is 0 Å². The normalized spacial score (nSPS) is 17.0. The van der Waals surface area contributed by atoms with Crippen molar-refractivity contribution in [2.45, 2.75) is 32.2 Å². The van der Waals surface area contributed by atoms with Crippen molar-refractivity contribution >= 4 is 16.6 Å². The number of anilines is 1. The summed E-state index contributed by atoms with van der Waals surface area (Å²) < 4.78 is 2.29. The molecule has 0 radical (unpaired) electrons. The maximum absolute atomic E-state index is 4.75. The van der Waals surface area contributed by atoms with E-state index in [1.807, 2.05) is 24.8 Å². The van der Waals surface area contributed by atoms with Crippen LogP contribution in [-0.2, 0) is 6.54 Å². The van der Waals surface area contributed by atoms with Gasteiger partial charge in [0.1, 0.15) is 5.82 Å². The van der Waals surface area contributed by atoms with Crippen LogP contribution in [0.15, 0.2) is 67.4 Å². The largest absolute Gasteiger partial charge is 0.370 e. The van der Waals surface area contributed by atoms with E-state index >= 15 is 0 Å². The van der Waals surface area contributed by atoms with Crippen molar-refractivity contribution in [1.82, 2.24) is 19.5 Å². The maximum atomic E-state index is 4.75. The van der Waals surface area contributed by atoms with Gasteiger partial charge in [-0.15, -0.1) is 0 Å². The average molecular weight is 383 g/mol. The second-order valence-electron chi connectivity index (χ2n) is 7.90. The summed E-state index contributed by atoms with van der Waals surface area (Å²) in [6.07, 6.45) is 12.0. The zero-order valence-corrected chi connectivity index (χ0v) is 16.7. The summed E-state index contributed by atoms with van der Waals surface area (Å²) in [7, 11) is 0. The van der Waals surface area contributed by atoms with Gasteiger partial charge >= 0.3 is 0 Å². The Bertz CT molecular complexity index is 1120. The summed E-state index contributed by atoms with van der Waals surface area (Å²) >= 11 is 0. The molecule has 4 heterocycles. The van der Waals surface area contributed by atoms with Crippen LogP contribution in [0.3, 0.4) is 0 Å². The summed E-state index contributed by atoms with van der Waals surface area (Å²) in [6, 6.07) is 12.8. The van der Waals surface area contributed by atoms with E-state index in [9.17, 15) is 0 Å². The van der Waals surface area contributed by atoms with Crippen LogP contribution in [0.5, 0.6) is 0 Å². The van der Waals surface area contributed by atoms with Gasteiger partial charge in [0.05, 0.1) is 5.52 Å². The predicted molar refractivity (Wildman–Crippen MR) is 116 cm³/mol. The number of pyridine rings is 2. The summed E-state index contributed by atoms with van der Waals surface area (Å²) in [5.41, 5.74) is 4.88. The van der Waals surface area contributed by atoms with E-state index in [4.69, 9.17) is 4.98 Å². The van der Waals surface area contributed by atoms with Crippen molar-refractivity contribution in [3.63, 3.8) is 0 Å². The minimum atomic E-state index is 0.425. The third kappa shape index (κ3) is 3.60. The van der Waals surface area contributed by atoms with E-state index in [1.165, 1.54) is 40.9 Å². The second-order valence-corrected chi connectivity index (χ2v) is 7.90. The van der Waals surface area contributed by atoms with Gasteiger partial charge in [-0.2, -0.15) is 0 Å². The summed E-state index contributed by atoms with van der Waals surface area (Å²) in [5.74, 6) is 1.61. The first kappa shape index (κ1) is 17.9. The Hall–Kier alpha value is -3.21. The fourth-order valence-corrected chi connectivity index (χ4v) is 4.43. The van der Waals surface area contributed by atoms with Crippen molar-refractivity contribution < 1.29 is 0 Å². The molecular formula is C24H25N5. The Labute approximate surface area is 171 Å². The van der Waals surface area contributed by atoms with Crippen LogP contribution in [-0.4, -0.2) is 32.6 Å². The monoisotopic (exact) mass is 383 g/mol. The third-order valence-electron chi connectivity index (χ3n) is 5.85. The minimum absolute atomic E-state index is 0.425. The molecule has 0 unspecified atom stereocenters. The van der Waals surface area contributed by atoms with E-state index in [0.717, 1.165) is 25.2 Å². The van der Waals surface area contributed by atoms with Crippen LogP contribution in [0, 0.1) is 6.92 Å². The number of nitrogens with zero attached hydrogens (tertiary/aromatic N) is 5. The first-order valence-electron chi connectivity index (χ1n) is 10.3. The molecule has 3 aromatic heterocycles. The van der Waals surface area contributed by atoms with Gasteiger partial charge in [-0.1, -0.05) is 11.6 Å². The topological polar surface area (TPSA) is 46.8 Å². The fourth-order valence-electron chi connectivity index (χ4n) is 4.43. The number of hydrogen-bond acceptors (Lipinski definition) is 4. The van der Waals surface area contributed by atoms with Crippen molar-refractivity contribution in [1.29, 1.82) is 0 Å². The van der Waals surface area contributed by atoms with Crippen LogP contribution < -0.4 is 4.90 Å². The van der Waals surface area contributed by atoms with Crippen molar-refractivity contribution in [2.24, 2.45) is 0 Å². The average Bonchev–Trinajstić information content (AvgIpc) is 3.22. The van der Waals surface area contributed by atoms with Crippen molar-refractivity contribution in [3.8, 4) is 0 Å². The molecule has 0 amide bonds. The molecule has 1 aliphatic rings. The number of hydrogen-bond donors (Lipinski definition) is 0. The van der Waals surface area contributed by atoms with Gasteiger partial charge in [-0.3, -0.25) is 9.97 Å². The molecule has 1 aliphatic heterocycles. The van der Waals surface area contributed by atoms with Crippen LogP contribution >= 0.6 is 0 Å². The molecule has 5 rings (SSSR count). The number of aryl methyl sites for hydroxylation is 1. The molecule has 0 saturated carbocycles. The molecule has 29 heavy (non-hydrogen) atoms. The molecule has 0 N–H and O–H groups in total. The first-order valence-corrected chi connectivity index (χ1v) is 10.3. The Morgan fingerprint density at radius 2 is 1.90 bits per heavy atom. The molecule has 1 fully saturated rings. The van der Waals surface area contributed by atoms with Gasteiger partial charge in [0, 0.05) is 67.6 Å². The fraction of sp³-hybridized carbons (Fsp3) is 0.292. The van der Waals surface area contributed by atoms with E-state index in [-0.39, 0.29) is 0 Å². The van der Waals surface area contributed by atoms with Crippen LogP contribution in [0.4, 0.5) is 5.69 Å². The summed E-state index contributed by atoms with van der Waals surface area (Å²) in [6.45, 7) is 5.05. The number of benzene rings is 1. The zero-order chi connectivity index (χ0) is 19.6. The highest BCUT2D eigenvalue weighted by atomic mass is 15.2. The standard InChI is InChI=1S/C24H25N5/c1-18-4-5-22-21(15-18)23(8-11-26-22)28-13-2-3-20(17-28)24-27-12-14-29(24)16-19-6-9-25-10-7-19/h4-12,14-15,20H,2-3,13,16-17H2,1H3/t20-/m0/s1. The predicted octanol–water partition coefficient (Wildman–Crippen LogP) is 4.57. The lowest BCUT2D eigenvalue weighted by Gasteiger charge is -2.35. The van der Waals surface area contributed by atoms with Crippen molar-refractivity contribution in [3.05, 3.63) is 84.3 Å². The summed E-state index contributed by atoms with van der Waals surface area (Å²) in [4.78, 5) is 16.0. The molecule has 0 spiro atoms. The van der Waals surface area contributed by atoms with Gasteiger partial charge in [-0.05, 0) is 55.7 Å². The van der Waals surface area contributed by atoms with Gasteiger partial charge in [0.25, 0.3) is 0 Å². The van der Waals surface area contributed by atoms with Crippen LogP contribution in [0.25, 0.3) is 10.9 Å². The molecule has 0 aliphatic carbocycles. The Morgan fingerprint density at radius 3 is 2.79 bits per heavy atom. The van der Waals surface area contributed by atoms with E-state index in [1.54, 1.807) is 0 Å². The van der Waals surface area contributed by atoms with E-state index in [2.05, 4.69) is 69.0 Å². The number of imidazole rings is 1. The van der Waals surface area contributed by atoms with Gasteiger partial charge in [0.2, 0.25) is 0 Å². The summed E-state index contributed by atoms with van der Waals surface area (Å²) in [5, 5.41) is 1.24. The first-order chi connectivity index (χ1) is 14.3. The molecule has 1 saturated heterocycles. The van der Waals surface area contributed by atoms with Gasteiger partial charge < -0.3 is 9.47 Å². The van der Waals surface area contributed by atoms with Crippen LogP contribution in [0.1, 0.15) is 35.7 Å². The SMILES string of the molecule is Cc1ccc2nccc(N3CCC[C@H](c4nccn4Cc4ccncc4)C3)c2c1. The molecule has 0 bridgehead atoms. The van der Waals surface area contributed by atoms with Crippen LogP contribution in [0.2, 0.25) is 0 Å². The molecule has 5 nitrogen and oxygen atoms in total. The quantitative estimate of drug-likeness (QED) is 0.518. The highest BCUT2D eigenvalue weighted by Gasteiger charge is 2.26. The molecule has 1 atom stereocenters. The highest BCUT2D eigenvalue weighted by Crippen LogP contribution is 2.33. The molecule has 4 aromatic rings. The molecular weight excluding hydrogens is 358 g/mol. The lowest BCUT2D eigenvalue weighted by Crippen LogP contribution is -2.35. The third-order valence-corrected chi connectivity index (χ3v) is 5.85. The van der Waals surface area contributed by atoms with Gasteiger partial charge in [0.15, 0.2) is 0 Å². The maximum Gasteiger partial charge on any atom is 0.113 e. The Morgan fingerprint density at radius 1 is 1.00 bits per heavy atom. The smallest absolute Gasteiger partial charge is 0.113 e. The lowest BCUT2D eigenvalue weighted by atomic mass is 9.96. The number of rotatable bonds is 4. The Kier molecular flexibility index (Phi) is 4.72. The molecule has 146 valence electrons. The second kappa shape index (κ2) is 7.66. The number of piperidine rings is 1. The van der Waals surface area contributed by atoms with Gasteiger partial charge in [-0.25, -0.2) is 4.98 Å². The lowest BCUT2D eigenvalue weighted by molar-refractivity contribution is 0.477.